The molecule has 0 aromatic heterocycles. The first-order valence-electron chi connectivity index (χ1n) is 14.3. The molecule has 230 valence electrons. The van der Waals surface area contributed by atoms with Crippen molar-refractivity contribution in [3.05, 3.63) is 87.9 Å². The van der Waals surface area contributed by atoms with Crippen LogP contribution in [0.15, 0.2) is 71.6 Å². The Morgan fingerprint density at radius 1 is 0.977 bits per heavy atom. The maximum atomic E-state index is 14.2. The molecule has 8 nitrogen and oxygen atoms in total. The number of nitrogens with one attached hydrogen (secondary N) is 1. The normalized spacial score (nSPS) is 14.5. The summed E-state index contributed by atoms with van der Waals surface area (Å²) in [4.78, 5) is 29.0. The van der Waals surface area contributed by atoms with E-state index in [-0.39, 0.29) is 39.1 Å². The summed E-state index contributed by atoms with van der Waals surface area (Å²) in [6.07, 6.45) is 5.00. The number of hydrogen-bond donors (Lipinski definition) is 1. The molecule has 1 saturated carbocycles. The highest BCUT2D eigenvalue weighted by Gasteiger charge is 2.34. The Balaban J connectivity index is 1.70. The second-order valence-electron chi connectivity index (χ2n) is 10.8. The first-order valence-corrected chi connectivity index (χ1v) is 16.5. The molecular weight excluding hydrogens is 609 g/mol. The van der Waals surface area contributed by atoms with Gasteiger partial charge in [0.15, 0.2) is 0 Å². The third-order valence-corrected chi connectivity index (χ3v) is 10.0. The zero-order valence-corrected chi connectivity index (χ0v) is 26.9. The van der Waals surface area contributed by atoms with Crippen molar-refractivity contribution >= 4 is 50.7 Å². The molecule has 0 heterocycles. The summed E-state index contributed by atoms with van der Waals surface area (Å²) in [7, 11) is -2.70. The Labute approximate surface area is 264 Å². The summed E-state index contributed by atoms with van der Waals surface area (Å²) in [6, 6.07) is 17.1. The molecule has 3 aromatic rings. The summed E-state index contributed by atoms with van der Waals surface area (Å²) in [6.45, 7) is 2.98. The number of aryl methyl sites for hydroxylation is 1. The zero-order valence-electron chi connectivity index (χ0n) is 24.6. The van der Waals surface area contributed by atoms with Crippen molar-refractivity contribution in [2.45, 2.75) is 69.5 Å². The molecule has 1 aliphatic carbocycles. The van der Waals surface area contributed by atoms with Crippen molar-refractivity contribution in [1.29, 1.82) is 0 Å². The number of anilines is 1. The average Bonchev–Trinajstić information content (AvgIpc) is 3.00. The van der Waals surface area contributed by atoms with Gasteiger partial charge in [0.25, 0.3) is 10.0 Å². The van der Waals surface area contributed by atoms with Crippen LogP contribution < -0.4 is 14.4 Å². The van der Waals surface area contributed by atoms with Gasteiger partial charge < -0.3 is 15.0 Å². The number of amides is 2. The maximum absolute atomic E-state index is 14.2. The predicted molar refractivity (Wildman–Crippen MR) is 170 cm³/mol. The van der Waals surface area contributed by atoms with Crippen molar-refractivity contribution in [3.8, 4) is 5.75 Å². The van der Waals surface area contributed by atoms with Crippen molar-refractivity contribution in [2.75, 3.05) is 18.0 Å². The Morgan fingerprint density at radius 2 is 1.63 bits per heavy atom. The van der Waals surface area contributed by atoms with Crippen LogP contribution in [0.3, 0.4) is 0 Å². The van der Waals surface area contributed by atoms with E-state index in [9.17, 15) is 18.0 Å². The van der Waals surface area contributed by atoms with Crippen LogP contribution in [0.25, 0.3) is 0 Å². The van der Waals surface area contributed by atoms with Crippen LogP contribution in [0, 0.1) is 6.92 Å². The van der Waals surface area contributed by atoms with Crippen LogP contribution in [0.4, 0.5) is 5.69 Å². The molecule has 11 heteroatoms. The van der Waals surface area contributed by atoms with Crippen LogP contribution in [-0.2, 0) is 26.2 Å². The monoisotopic (exact) mass is 645 g/mol. The number of hydrogen-bond acceptors (Lipinski definition) is 5. The summed E-state index contributed by atoms with van der Waals surface area (Å²) in [5.74, 6) is -0.216. The second-order valence-corrected chi connectivity index (χ2v) is 13.5. The van der Waals surface area contributed by atoms with E-state index in [2.05, 4.69) is 5.32 Å². The maximum Gasteiger partial charge on any atom is 0.264 e. The van der Waals surface area contributed by atoms with Crippen LogP contribution in [0.5, 0.6) is 5.75 Å². The molecule has 4 rings (SSSR count). The third-order valence-electron chi connectivity index (χ3n) is 7.70. The molecule has 3 aromatic carbocycles. The Hall–Kier alpha value is -3.27. The minimum absolute atomic E-state index is 0.00765. The number of rotatable bonds is 11. The van der Waals surface area contributed by atoms with Gasteiger partial charge in [-0.1, -0.05) is 72.3 Å². The smallest absolute Gasteiger partial charge is 0.264 e. The van der Waals surface area contributed by atoms with Crippen molar-refractivity contribution < 1.29 is 22.7 Å². The van der Waals surface area contributed by atoms with Crippen LogP contribution in [0.1, 0.15) is 50.2 Å². The van der Waals surface area contributed by atoms with E-state index in [0.717, 1.165) is 47.5 Å². The fourth-order valence-electron chi connectivity index (χ4n) is 5.11. The fourth-order valence-corrected chi connectivity index (χ4v) is 6.97. The molecule has 1 aliphatic rings. The SMILES string of the molecule is COc1ccc(CN(C(=O)CN(c2cc(Cl)ccc2Cl)S(=O)(=O)c2ccc(C)cc2)C(C)C(=O)NC2CCCCC2)cc1. The lowest BCUT2D eigenvalue weighted by Crippen LogP contribution is -2.53. The van der Waals surface area contributed by atoms with Gasteiger partial charge >= 0.3 is 0 Å². The molecule has 43 heavy (non-hydrogen) atoms. The van der Waals surface area contributed by atoms with Gasteiger partial charge in [-0.05, 0) is 74.7 Å². The number of benzene rings is 3. The number of carbonyl (C=O) groups excluding carboxylic acids is 2. The van der Waals surface area contributed by atoms with E-state index in [1.54, 1.807) is 56.5 Å². The van der Waals surface area contributed by atoms with E-state index < -0.39 is 28.5 Å². The quantitative estimate of drug-likeness (QED) is 0.261. The molecule has 0 spiro atoms. The van der Waals surface area contributed by atoms with Crippen molar-refractivity contribution in [3.63, 3.8) is 0 Å². The van der Waals surface area contributed by atoms with Crippen molar-refractivity contribution in [1.82, 2.24) is 10.2 Å². The van der Waals surface area contributed by atoms with Crippen molar-refractivity contribution in [2.24, 2.45) is 0 Å². The highest BCUT2D eigenvalue weighted by molar-refractivity contribution is 7.92. The number of methoxy groups -OCH3 is 1. The van der Waals surface area contributed by atoms with E-state index >= 15 is 0 Å². The summed E-state index contributed by atoms with van der Waals surface area (Å²) >= 11 is 12.7. The number of halogens is 2. The summed E-state index contributed by atoms with van der Waals surface area (Å²) < 4.78 is 34.3. The Kier molecular flexibility index (Phi) is 11.0. The summed E-state index contributed by atoms with van der Waals surface area (Å²) in [5, 5.41) is 3.46. The van der Waals surface area contributed by atoms with Crippen LogP contribution in [0.2, 0.25) is 10.0 Å². The Morgan fingerprint density at radius 3 is 2.26 bits per heavy atom. The first-order chi connectivity index (χ1) is 20.5. The third kappa shape index (κ3) is 8.22. The molecule has 1 fully saturated rings. The lowest BCUT2D eigenvalue weighted by atomic mass is 9.95. The molecular formula is C32H37Cl2N3O5S. The second kappa shape index (κ2) is 14.5. The molecule has 1 N–H and O–H groups in total. The molecule has 0 bridgehead atoms. The largest absolute Gasteiger partial charge is 0.497 e. The van der Waals surface area contributed by atoms with Gasteiger partial charge in [0, 0.05) is 17.6 Å². The van der Waals surface area contributed by atoms with Gasteiger partial charge in [-0.25, -0.2) is 8.42 Å². The van der Waals surface area contributed by atoms with Gasteiger partial charge in [0.1, 0.15) is 18.3 Å². The van der Waals surface area contributed by atoms with Crippen LogP contribution in [-0.4, -0.2) is 50.9 Å². The van der Waals surface area contributed by atoms with Gasteiger partial charge in [-0.2, -0.15) is 0 Å². The lowest BCUT2D eigenvalue weighted by Gasteiger charge is -2.33. The number of sulfonamides is 1. The molecule has 0 radical (unpaired) electrons. The van der Waals surface area contributed by atoms with E-state index in [1.807, 2.05) is 6.92 Å². The number of ether oxygens (including phenoxy) is 1. The van der Waals surface area contributed by atoms with Gasteiger partial charge in [0.2, 0.25) is 11.8 Å². The van der Waals surface area contributed by atoms with E-state index in [0.29, 0.717) is 5.75 Å². The van der Waals surface area contributed by atoms with E-state index in [4.69, 9.17) is 27.9 Å². The average molecular weight is 647 g/mol. The predicted octanol–water partition coefficient (Wildman–Crippen LogP) is 6.37. The number of carbonyl (C=O) groups is 2. The lowest BCUT2D eigenvalue weighted by molar-refractivity contribution is -0.139. The zero-order chi connectivity index (χ0) is 31.1. The Bertz CT molecular complexity index is 1530. The molecule has 1 atom stereocenters. The van der Waals surface area contributed by atoms with Gasteiger partial charge in [-0.3, -0.25) is 13.9 Å². The van der Waals surface area contributed by atoms with Gasteiger partial charge in [-0.15, -0.1) is 0 Å². The highest BCUT2D eigenvalue weighted by atomic mass is 35.5. The van der Waals surface area contributed by atoms with Gasteiger partial charge in [0.05, 0.1) is 22.7 Å². The van der Waals surface area contributed by atoms with E-state index in [1.165, 1.54) is 29.2 Å². The highest BCUT2D eigenvalue weighted by Crippen LogP contribution is 2.33. The number of nitrogens with zero attached hydrogens (tertiary/aromatic N) is 2. The minimum atomic E-state index is -4.26. The molecule has 0 aliphatic heterocycles. The van der Waals surface area contributed by atoms with Crippen LogP contribution >= 0.6 is 23.2 Å². The minimum Gasteiger partial charge on any atom is -0.497 e. The molecule has 2 amide bonds. The molecule has 1 unspecified atom stereocenters. The fraction of sp³-hybridized carbons (Fsp3) is 0.375. The first kappa shape index (κ1) is 32.6. The summed E-state index contributed by atoms with van der Waals surface area (Å²) in [5.41, 5.74) is 1.69. The molecule has 0 saturated heterocycles. The topological polar surface area (TPSA) is 96.0 Å². The standard InChI is InChI=1S/C32H37Cl2N3O5S/c1-22-9-16-28(17-10-22)43(40,41)37(30-19-25(33)13-18-29(30)34)21-31(38)36(20-24-11-14-27(42-3)15-12-24)23(2)32(39)35-26-7-5-4-6-8-26/h9-19,23,26H,4-8,20-21H2,1-3H3,(H,35,39).